The van der Waals surface area contributed by atoms with Crippen LogP contribution in [0.5, 0.6) is 0 Å². The molecule has 0 aliphatic heterocycles. The second kappa shape index (κ2) is 3.82. The van der Waals surface area contributed by atoms with E-state index in [-0.39, 0.29) is 10.6 Å². The average Bonchev–Trinajstić information content (AvgIpc) is 2.88. The van der Waals surface area contributed by atoms with Crippen molar-refractivity contribution in [1.29, 1.82) is 0 Å². The molecular weight excluding hydrogens is 284 g/mol. The summed E-state index contributed by atoms with van der Waals surface area (Å²) in [7, 11) is 0. The number of Topliss-reactive ketones (excluding diaryl/α,β-unsaturated/α-hetero) is 1. The van der Waals surface area contributed by atoms with E-state index in [0.717, 1.165) is 17.5 Å². The zero-order valence-corrected chi connectivity index (χ0v) is 10.8. The van der Waals surface area contributed by atoms with Crippen molar-refractivity contribution >= 4 is 33.0 Å². The minimum Gasteiger partial charge on any atom is -0.293 e. The molecule has 2 aromatic rings. The molecule has 0 bridgehead atoms. The van der Waals surface area contributed by atoms with Gasteiger partial charge in [-0.1, -0.05) is 34.1 Å². The number of halogens is 1. The summed E-state index contributed by atoms with van der Waals surface area (Å²) in [5, 5.41) is 2.07. The van der Waals surface area contributed by atoms with E-state index in [4.69, 9.17) is 0 Å². The van der Waals surface area contributed by atoms with E-state index < -0.39 is 0 Å². The summed E-state index contributed by atoms with van der Waals surface area (Å²) in [6.07, 6.45) is 0.813. The Morgan fingerprint density at radius 1 is 1.31 bits per heavy atom. The van der Waals surface area contributed by atoms with Gasteiger partial charge in [0.2, 0.25) is 0 Å². The molecule has 0 fully saturated rings. The Kier molecular flexibility index (Phi) is 2.45. The fraction of sp³-hybridized carbons (Fsp3) is 0.154. The predicted octanol–water partition coefficient (Wildman–Crippen LogP) is 3.92. The molecule has 1 aromatic heterocycles. The van der Waals surface area contributed by atoms with Gasteiger partial charge in [0.15, 0.2) is 5.78 Å². The zero-order valence-electron chi connectivity index (χ0n) is 8.44. The molecule has 3 heteroatoms. The highest BCUT2D eigenvalue weighted by molar-refractivity contribution is 9.10. The van der Waals surface area contributed by atoms with Crippen molar-refractivity contribution in [1.82, 2.24) is 0 Å². The summed E-state index contributed by atoms with van der Waals surface area (Å²) in [6, 6.07) is 10.3. The Morgan fingerprint density at radius 2 is 2.19 bits per heavy atom. The third-order valence-corrected chi connectivity index (χ3v) is 4.52. The molecule has 1 aliphatic rings. The number of ketones is 1. The normalized spacial score (nSPS) is 18.8. The van der Waals surface area contributed by atoms with Crippen molar-refractivity contribution in [3.63, 3.8) is 0 Å². The number of carbonyl (C=O) groups is 1. The van der Waals surface area contributed by atoms with Gasteiger partial charge in [-0.2, -0.15) is 0 Å². The van der Waals surface area contributed by atoms with E-state index in [1.54, 1.807) is 11.3 Å². The van der Waals surface area contributed by atoms with Crippen molar-refractivity contribution in [2.75, 3.05) is 0 Å². The molecule has 1 aliphatic carbocycles. The molecule has 1 atom stereocenters. The van der Waals surface area contributed by atoms with Crippen LogP contribution in [0.4, 0.5) is 0 Å². The van der Waals surface area contributed by atoms with Crippen LogP contribution in [0, 0.1) is 0 Å². The summed E-state index contributed by atoms with van der Waals surface area (Å²) in [5.41, 5.74) is 3.25. The van der Waals surface area contributed by atoms with Crippen LogP contribution < -0.4 is 0 Å². The van der Waals surface area contributed by atoms with Crippen LogP contribution in [0.1, 0.15) is 15.9 Å². The summed E-state index contributed by atoms with van der Waals surface area (Å²) in [4.78, 5) is 13.0. The SMILES string of the molecule is O=C1c2ccc(-c3cccs3)cc2CC1Br. The van der Waals surface area contributed by atoms with Gasteiger partial charge in [0.05, 0.1) is 4.83 Å². The molecular formula is C13H9BrOS. The first kappa shape index (κ1) is 10.2. The Morgan fingerprint density at radius 3 is 2.94 bits per heavy atom. The average molecular weight is 293 g/mol. The van der Waals surface area contributed by atoms with Gasteiger partial charge in [-0.3, -0.25) is 4.79 Å². The van der Waals surface area contributed by atoms with Crippen molar-refractivity contribution in [3.8, 4) is 10.4 Å². The molecule has 1 unspecified atom stereocenters. The molecule has 1 aromatic carbocycles. The van der Waals surface area contributed by atoms with Gasteiger partial charge in [-0.15, -0.1) is 11.3 Å². The van der Waals surface area contributed by atoms with Crippen LogP contribution in [-0.4, -0.2) is 10.6 Å². The van der Waals surface area contributed by atoms with Crippen molar-refractivity contribution in [2.24, 2.45) is 0 Å². The van der Waals surface area contributed by atoms with Gasteiger partial charge in [-0.25, -0.2) is 0 Å². The topological polar surface area (TPSA) is 17.1 Å². The minimum absolute atomic E-state index is 0.0268. The van der Waals surface area contributed by atoms with E-state index in [1.165, 1.54) is 10.4 Å². The molecule has 1 heterocycles. The van der Waals surface area contributed by atoms with E-state index in [0.29, 0.717) is 0 Å². The fourth-order valence-corrected chi connectivity index (χ4v) is 3.37. The van der Waals surface area contributed by atoms with Gasteiger partial charge in [0, 0.05) is 10.4 Å². The molecule has 0 N–H and O–H groups in total. The van der Waals surface area contributed by atoms with Gasteiger partial charge in [0.25, 0.3) is 0 Å². The van der Waals surface area contributed by atoms with E-state index in [9.17, 15) is 4.79 Å². The Hall–Kier alpha value is -0.930. The lowest BCUT2D eigenvalue weighted by Gasteiger charge is -2.01. The monoisotopic (exact) mass is 292 g/mol. The number of rotatable bonds is 1. The molecule has 16 heavy (non-hydrogen) atoms. The zero-order chi connectivity index (χ0) is 11.1. The van der Waals surface area contributed by atoms with Crippen LogP contribution in [0.15, 0.2) is 35.7 Å². The lowest BCUT2D eigenvalue weighted by Crippen LogP contribution is -2.05. The van der Waals surface area contributed by atoms with Crippen LogP contribution >= 0.6 is 27.3 Å². The third-order valence-electron chi connectivity index (χ3n) is 2.86. The number of hydrogen-bond acceptors (Lipinski definition) is 2. The number of alkyl halides is 1. The molecule has 0 radical (unpaired) electrons. The van der Waals surface area contributed by atoms with Gasteiger partial charge >= 0.3 is 0 Å². The Bertz CT molecular complexity index is 545. The molecule has 0 saturated carbocycles. The van der Waals surface area contributed by atoms with Crippen LogP contribution in [0.3, 0.4) is 0 Å². The molecule has 0 amide bonds. The first-order valence-corrected chi connectivity index (χ1v) is 6.90. The van der Waals surface area contributed by atoms with Gasteiger partial charge < -0.3 is 0 Å². The standard InChI is InChI=1S/C13H9BrOS/c14-11-7-9-6-8(12-2-1-5-16-12)3-4-10(9)13(11)15/h1-6,11H,7H2. The largest absolute Gasteiger partial charge is 0.293 e. The summed E-state index contributed by atoms with van der Waals surface area (Å²) in [6.45, 7) is 0. The highest BCUT2D eigenvalue weighted by Gasteiger charge is 2.28. The number of thiophene rings is 1. The first-order valence-electron chi connectivity index (χ1n) is 5.11. The maximum Gasteiger partial charge on any atom is 0.177 e. The van der Waals surface area contributed by atoms with Crippen molar-refractivity contribution in [3.05, 3.63) is 46.8 Å². The minimum atomic E-state index is -0.0268. The lowest BCUT2D eigenvalue weighted by molar-refractivity contribution is 0.100. The van der Waals surface area contributed by atoms with Crippen LogP contribution in [-0.2, 0) is 6.42 Å². The molecule has 0 spiro atoms. The Balaban J connectivity index is 2.09. The second-order valence-corrected chi connectivity index (χ2v) is 5.94. The predicted molar refractivity (Wildman–Crippen MR) is 70.5 cm³/mol. The van der Waals surface area contributed by atoms with E-state index >= 15 is 0 Å². The quantitative estimate of drug-likeness (QED) is 0.728. The van der Waals surface area contributed by atoms with Crippen molar-refractivity contribution < 1.29 is 4.79 Å². The second-order valence-electron chi connectivity index (χ2n) is 3.89. The number of carbonyl (C=O) groups excluding carboxylic acids is 1. The maximum absolute atomic E-state index is 11.8. The number of fused-ring (bicyclic) bond motifs is 1. The summed E-state index contributed by atoms with van der Waals surface area (Å²) < 4.78 is 0. The molecule has 0 saturated heterocycles. The smallest absolute Gasteiger partial charge is 0.177 e. The molecule has 3 rings (SSSR count). The van der Waals surface area contributed by atoms with E-state index in [1.807, 2.05) is 18.2 Å². The third kappa shape index (κ3) is 1.55. The molecule has 1 nitrogen and oxygen atoms in total. The number of benzene rings is 1. The van der Waals surface area contributed by atoms with Gasteiger partial charge in [-0.05, 0) is 35.1 Å². The maximum atomic E-state index is 11.8. The van der Waals surface area contributed by atoms with E-state index in [2.05, 4.69) is 33.4 Å². The molecule has 80 valence electrons. The lowest BCUT2D eigenvalue weighted by atomic mass is 10.1. The summed E-state index contributed by atoms with van der Waals surface area (Å²) in [5.74, 6) is 0.215. The van der Waals surface area contributed by atoms with Crippen LogP contribution in [0.2, 0.25) is 0 Å². The van der Waals surface area contributed by atoms with Gasteiger partial charge in [0.1, 0.15) is 0 Å². The highest BCUT2D eigenvalue weighted by Crippen LogP contribution is 2.32. The van der Waals surface area contributed by atoms with Crippen molar-refractivity contribution in [2.45, 2.75) is 11.2 Å². The fourth-order valence-electron chi connectivity index (χ4n) is 2.05. The summed E-state index contributed by atoms with van der Waals surface area (Å²) >= 11 is 5.14. The van der Waals surface area contributed by atoms with Crippen LogP contribution in [0.25, 0.3) is 10.4 Å². The number of hydrogen-bond donors (Lipinski definition) is 0. The Labute approximate surface area is 106 Å². The first-order chi connectivity index (χ1) is 7.75. The highest BCUT2D eigenvalue weighted by atomic mass is 79.9.